The quantitative estimate of drug-likeness (QED) is 0.742. The zero-order valence-electron chi connectivity index (χ0n) is 8.44. The lowest BCUT2D eigenvalue weighted by molar-refractivity contribution is 0.159. The van der Waals surface area contributed by atoms with Gasteiger partial charge in [0.1, 0.15) is 5.17 Å². The number of hydrogen-bond acceptors (Lipinski definition) is 2. The molecule has 1 aromatic carbocycles. The van der Waals surface area contributed by atoms with Gasteiger partial charge >= 0.3 is 6.09 Å². The molecule has 0 unspecified atom stereocenters. The molecule has 0 aliphatic heterocycles. The predicted octanol–water partition coefficient (Wildman–Crippen LogP) is 3.02. The van der Waals surface area contributed by atoms with E-state index >= 15 is 0 Å². The predicted molar refractivity (Wildman–Crippen MR) is 60.5 cm³/mol. The Morgan fingerprint density at radius 1 is 1.40 bits per heavy atom. The van der Waals surface area contributed by atoms with Crippen LogP contribution < -0.4 is 0 Å². The first kappa shape index (κ1) is 11.7. The van der Waals surface area contributed by atoms with E-state index in [-0.39, 0.29) is 5.17 Å². The fourth-order valence-electron chi connectivity index (χ4n) is 1.06. The Morgan fingerprint density at radius 3 is 2.67 bits per heavy atom. The van der Waals surface area contributed by atoms with Gasteiger partial charge in [0.2, 0.25) is 0 Å². The van der Waals surface area contributed by atoms with Crippen LogP contribution in [-0.2, 0) is 11.2 Å². The zero-order valence-corrected chi connectivity index (χ0v) is 9.20. The van der Waals surface area contributed by atoms with Crippen LogP contribution in [0.5, 0.6) is 0 Å². The maximum absolute atomic E-state index is 10.9. The van der Waals surface area contributed by atoms with Gasteiger partial charge in [0, 0.05) is 6.42 Å². The minimum absolute atomic E-state index is 0.180. The number of nitrogens with zero attached hydrogens (tertiary/aromatic N) is 1. The molecular weight excluding hydrogens is 214 g/mol. The Labute approximate surface area is 93.7 Å². The SMILES string of the molecule is CC(Cl)=NC(=O)OCCc1ccccc1. The number of hydrogen-bond donors (Lipinski definition) is 0. The first-order chi connectivity index (χ1) is 7.18. The summed E-state index contributed by atoms with van der Waals surface area (Å²) >= 11 is 5.42. The Hall–Kier alpha value is -1.35. The fourth-order valence-corrected chi connectivity index (χ4v) is 1.13. The average molecular weight is 226 g/mol. The van der Waals surface area contributed by atoms with Crippen molar-refractivity contribution in [2.75, 3.05) is 6.61 Å². The van der Waals surface area contributed by atoms with Gasteiger partial charge in [-0.25, -0.2) is 4.79 Å². The third-order valence-corrected chi connectivity index (χ3v) is 1.79. The van der Waals surface area contributed by atoms with Gasteiger partial charge in [-0.05, 0) is 12.5 Å². The van der Waals surface area contributed by atoms with E-state index in [1.807, 2.05) is 30.3 Å². The van der Waals surface area contributed by atoms with Crippen LogP contribution in [0.3, 0.4) is 0 Å². The highest BCUT2D eigenvalue weighted by Gasteiger charge is 1.99. The Morgan fingerprint density at radius 2 is 2.07 bits per heavy atom. The number of carbonyl (C=O) groups excluding carboxylic acids is 1. The van der Waals surface area contributed by atoms with Gasteiger partial charge in [0.15, 0.2) is 0 Å². The topological polar surface area (TPSA) is 38.7 Å². The molecule has 0 aliphatic carbocycles. The molecule has 1 amide bonds. The van der Waals surface area contributed by atoms with Crippen molar-refractivity contribution in [1.82, 2.24) is 0 Å². The molecule has 1 rings (SSSR count). The minimum Gasteiger partial charge on any atom is -0.448 e. The summed E-state index contributed by atoms with van der Waals surface area (Å²) in [6.45, 7) is 1.84. The first-order valence-corrected chi connectivity index (χ1v) is 4.98. The fraction of sp³-hybridized carbons (Fsp3) is 0.273. The number of rotatable bonds is 3. The Kier molecular flexibility index (Phi) is 4.84. The summed E-state index contributed by atoms with van der Waals surface area (Å²) < 4.78 is 4.85. The maximum Gasteiger partial charge on any atom is 0.434 e. The van der Waals surface area contributed by atoms with Crippen LogP contribution in [0, 0.1) is 0 Å². The second-order valence-corrected chi connectivity index (χ2v) is 3.51. The molecule has 0 aliphatic rings. The summed E-state index contributed by atoms with van der Waals surface area (Å²) in [7, 11) is 0. The van der Waals surface area contributed by atoms with Crippen LogP contribution in [0.1, 0.15) is 12.5 Å². The first-order valence-electron chi connectivity index (χ1n) is 4.60. The molecule has 1 aromatic rings. The number of benzene rings is 1. The van der Waals surface area contributed by atoms with Crippen LogP contribution in [0.25, 0.3) is 0 Å². The molecule has 0 heterocycles. The Bertz CT molecular complexity index is 345. The minimum atomic E-state index is -0.640. The molecule has 0 spiro atoms. The standard InChI is InChI=1S/C11H12ClNO2/c1-9(12)13-11(14)15-8-7-10-5-3-2-4-6-10/h2-6H,7-8H2,1H3. The molecule has 0 saturated heterocycles. The van der Waals surface area contributed by atoms with Crippen molar-refractivity contribution in [2.24, 2.45) is 4.99 Å². The smallest absolute Gasteiger partial charge is 0.434 e. The summed E-state index contributed by atoms with van der Waals surface area (Å²) in [5.41, 5.74) is 1.12. The lowest BCUT2D eigenvalue weighted by Crippen LogP contribution is -2.04. The molecule has 0 saturated carbocycles. The second kappa shape index (κ2) is 6.19. The lowest BCUT2D eigenvalue weighted by Gasteiger charge is -2.01. The van der Waals surface area contributed by atoms with E-state index < -0.39 is 6.09 Å². The summed E-state index contributed by atoms with van der Waals surface area (Å²) in [4.78, 5) is 14.4. The van der Waals surface area contributed by atoms with E-state index in [4.69, 9.17) is 16.3 Å². The lowest BCUT2D eigenvalue weighted by atomic mass is 10.2. The van der Waals surface area contributed by atoms with Crippen molar-refractivity contribution in [3.63, 3.8) is 0 Å². The molecule has 15 heavy (non-hydrogen) atoms. The van der Waals surface area contributed by atoms with Crippen molar-refractivity contribution in [1.29, 1.82) is 0 Å². The highest BCUT2D eigenvalue weighted by molar-refractivity contribution is 6.65. The summed E-state index contributed by atoms with van der Waals surface area (Å²) in [5.74, 6) is 0. The summed E-state index contributed by atoms with van der Waals surface area (Å²) in [6.07, 6.45) is 0.0436. The van der Waals surface area contributed by atoms with Crippen molar-refractivity contribution >= 4 is 22.9 Å². The van der Waals surface area contributed by atoms with Gasteiger partial charge in [-0.1, -0.05) is 41.9 Å². The van der Waals surface area contributed by atoms with Crippen LogP contribution >= 0.6 is 11.6 Å². The van der Waals surface area contributed by atoms with Gasteiger partial charge in [-0.15, -0.1) is 0 Å². The molecule has 0 atom stereocenters. The molecule has 4 heteroatoms. The van der Waals surface area contributed by atoms with Crippen LogP contribution in [-0.4, -0.2) is 17.9 Å². The molecule has 80 valence electrons. The molecule has 0 N–H and O–H groups in total. The average Bonchev–Trinajstić information content (AvgIpc) is 2.18. The summed E-state index contributed by atoms with van der Waals surface area (Å²) in [6, 6.07) is 9.78. The largest absolute Gasteiger partial charge is 0.448 e. The van der Waals surface area contributed by atoms with Crippen LogP contribution in [0.2, 0.25) is 0 Å². The van der Waals surface area contributed by atoms with Gasteiger partial charge in [-0.3, -0.25) is 0 Å². The normalized spacial score (nSPS) is 11.2. The highest BCUT2D eigenvalue weighted by Crippen LogP contribution is 2.00. The van der Waals surface area contributed by atoms with Crippen molar-refractivity contribution in [3.8, 4) is 0 Å². The third-order valence-electron chi connectivity index (χ3n) is 1.70. The summed E-state index contributed by atoms with van der Waals surface area (Å²) in [5, 5.41) is 0.180. The van der Waals surface area contributed by atoms with E-state index in [1.165, 1.54) is 6.92 Å². The Balaban J connectivity index is 2.28. The maximum atomic E-state index is 10.9. The molecular formula is C11H12ClNO2. The van der Waals surface area contributed by atoms with E-state index in [9.17, 15) is 4.79 Å². The van der Waals surface area contributed by atoms with Crippen molar-refractivity contribution < 1.29 is 9.53 Å². The van der Waals surface area contributed by atoms with Gasteiger partial charge in [-0.2, -0.15) is 4.99 Å². The monoisotopic (exact) mass is 225 g/mol. The molecule has 0 fully saturated rings. The molecule has 0 bridgehead atoms. The third kappa shape index (κ3) is 5.18. The molecule has 3 nitrogen and oxygen atoms in total. The van der Waals surface area contributed by atoms with E-state index in [0.29, 0.717) is 13.0 Å². The van der Waals surface area contributed by atoms with Gasteiger partial charge < -0.3 is 4.74 Å². The highest BCUT2D eigenvalue weighted by atomic mass is 35.5. The second-order valence-electron chi connectivity index (χ2n) is 2.96. The number of halogens is 1. The molecule has 0 radical (unpaired) electrons. The number of ether oxygens (including phenoxy) is 1. The van der Waals surface area contributed by atoms with E-state index in [2.05, 4.69) is 4.99 Å². The van der Waals surface area contributed by atoms with Gasteiger partial charge in [0.25, 0.3) is 0 Å². The number of aliphatic imine (C=N–C) groups is 1. The molecule has 0 aromatic heterocycles. The van der Waals surface area contributed by atoms with Crippen LogP contribution in [0.15, 0.2) is 35.3 Å². The van der Waals surface area contributed by atoms with E-state index in [1.54, 1.807) is 0 Å². The zero-order chi connectivity index (χ0) is 11.1. The van der Waals surface area contributed by atoms with Gasteiger partial charge in [0.05, 0.1) is 6.61 Å². The van der Waals surface area contributed by atoms with Crippen molar-refractivity contribution in [2.45, 2.75) is 13.3 Å². The number of carbonyl (C=O) groups is 1. The van der Waals surface area contributed by atoms with Crippen molar-refractivity contribution in [3.05, 3.63) is 35.9 Å². The van der Waals surface area contributed by atoms with E-state index in [0.717, 1.165) is 5.56 Å². The number of amides is 1. The van der Waals surface area contributed by atoms with Crippen LogP contribution in [0.4, 0.5) is 4.79 Å².